The maximum Gasteiger partial charge on any atom is 0.417 e. The molecule has 0 aromatic heterocycles. The van der Waals surface area contributed by atoms with Gasteiger partial charge in [-0.25, -0.2) is 14.4 Å². The van der Waals surface area contributed by atoms with Crippen LogP contribution in [-0.4, -0.2) is 41.1 Å². The topological polar surface area (TPSA) is 83.9 Å². The fourth-order valence-electron chi connectivity index (χ4n) is 0.806. The van der Waals surface area contributed by atoms with Gasteiger partial charge in [0.2, 0.25) is 0 Å². The van der Waals surface area contributed by atoms with Crippen molar-refractivity contribution in [2.45, 2.75) is 13.8 Å². The van der Waals surface area contributed by atoms with Crippen molar-refractivity contribution >= 4 is 18.0 Å². The van der Waals surface area contributed by atoms with Gasteiger partial charge in [-0.1, -0.05) is 0 Å². The van der Waals surface area contributed by atoms with Crippen LogP contribution in [0.15, 0.2) is 12.2 Å². The van der Waals surface area contributed by atoms with E-state index >= 15 is 0 Å². The van der Waals surface area contributed by atoms with Gasteiger partial charge in [-0.3, -0.25) is 0 Å². The fraction of sp³-hybridized carbons (Fsp3) is 0.444. The summed E-state index contributed by atoms with van der Waals surface area (Å²) >= 11 is 0. The number of carboxylic acids is 1. The van der Waals surface area contributed by atoms with Gasteiger partial charge in [0, 0.05) is 25.2 Å². The Morgan fingerprint density at radius 2 is 1.73 bits per heavy atom. The molecule has 0 heterocycles. The van der Waals surface area contributed by atoms with Gasteiger partial charge in [0.1, 0.15) is 0 Å². The van der Waals surface area contributed by atoms with Crippen LogP contribution >= 0.6 is 0 Å². The number of amides is 1. The molecular weight excluding hydrogens is 202 g/mol. The van der Waals surface area contributed by atoms with E-state index in [4.69, 9.17) is 5.11 Å². The second-order valence-corrected chi connectivity index (χ2v) is 2.53. The molecular formula is C9H13NO5. The monoisotopic (exact) mass is 215 g/mol. The first-order valence-electron chi connectivity index (χ1n) is 4.43. The quantitative estimate of drug-likeness (QED) is 0.422. The van der Waals surface area contributed by atoms with E-state index in [1.54, 1.807) is 13.8 Å². The molecule has 6 heteroatoms. The minimum Gasteiger partial charge on any atom is -0.478 e. The Balaban J connectivity index is 4.17. The summed E-state index contributed by atoms with van der Waals surface area (Å²) in [6.07, 6.45) is 0.515. The lowest BCUT2D eigenvalue weighted by atomic mass is 10.5. The second kappa shape index (κ2) is 6.58. The predicted octanol–water partition coefficient (Wildman–Crippen LogP) is 0.632. The Hall–Kier alpha value is -1.85. The lowest BCUT2D eigenvalue weighted by molar-refractivity contribution is -0.134. The Kier molecular flexibility index (Phi) is 5.77. The maximum atomic E-state index is 11.2. The highest BCUT2D eigenvalue weighted by molar-refractivity contribution is 5.95. The molecule has 0 saturated carbocycles. The van der Waals surface area contributed by atoms with Crippen LogP contribution in [0.4, 0.5) is 4.79 Å². The van der Waals surface area contributed by atoms with Crippen molar-refractivity contribution in [3.8, 4) is 0 Å². The third-order valence-electron chi connectivity index (χ3n) is 1.57. The van der Waals surface area contributed by atoms with Crippen molar-refractivity contribution in [2.75, 3.05) is 13.1 Å². The highest BCUT2D eigenvalue weighted by atomic mass is 16.6. The van der Waals surface area contributed by atoms with Crippen LogP contribution in [0.5, 0.6) is 0 Å². The van der Waals surface area contributed by atoms with Crippen molar-refractivity contribution < 1.29 is 24.2 Å². The van der Waals surface area contributed by atoms with Crippen molar-refractivity contribution in [2.24, 2.45) is 0 Å². The zero-order chi connectivity index (χ0) is 11.8. The number of aliphatic carboxylic acids is 1. The average Bonchev–Trinajstić information content (AvgIpc) is 2.16. The second-order valence-electron chi connectivity index (χ2n) is 2.53. The third-order valence-corrected chi connectivity index (χ3v) is 1.57. The minimum atomic E-state index is -1.28. The summed E-state index contributed by atoms with van der Waals surface area (Å²) in [6, 6.07) is 0. The molecule has 0 rings (SSSR count). The highest BCUT2D eigenvalue weighted by Gasteiger charge is 2.13. The van der Waals surface area contributed by atoms with Gasteiger partial charge in [-0.05, 0) is 13.8 Å². The smallest absolute Gasteiger partial charge is 0.417 e. The molecule has 84 valence electrons. The van der Waals surface area contributed by atoms with Crippen LogP contribution in [-0.2, 0) is 14.3 Å². The Morgan fingerprint density at radius 1 is 1.20 bits per heavy atom. The summed E-state index contributed by atoms with van der Waals surface area (Å²) in [5.41, 5.74) is 0. The van der Waals surface area contributed by atoms with E-state index in [0.717, 1.165) is 0 Å². The normalized spacial score (nSPS) is 10.0. The molecule has 0 aliphatic carbocycles. The molecule has 0 bridgehead atoms. The molecule has 0 aliphatic heterocycles. The molecule has 0 aliphatic rings. The molecule has 15 heavy (non-hydrogen) atoms. The number of esters is 1. The largest absolute Gasteiger partial charge is 0.478 e. The van der Waals surface area contributed by atoms with Crippen LogP contribution in [0.25, 0.3) is 0 Å². The van der Waals surface area contributed by atoms with Crippen molar-refractivity contribution in [3.05, 3.63) is 12.2 Å². The van der Waals surface area contributed by atoms with E-state index in [2.05, 4.69) is 4.74 Å². The summed E-state index contributed by atoms with van der Waals surface area (Å²) in [6.45, 7) is 4.32. The number of nitrogens with zero attached hydrogens (tertiary/aromatic N) is 1. The molecule has 6 nitrogen and oxygen atoms in total. The standard InChI is InChI=1S/C9H13NO5/c1-3-10(4-2)9(14)15-8(13)6-5-7(11)12/h5-6H,3-4H2,1-2H3,(H,11,12)/b6-5+. The van der Waals surface area contributed by atoms with Crippen LogP contribution in [0.1, 0.15) is 13.8 Å². The van der Waals surface area contributed by atoms with Gasteiger partial charge in [0.05, 0.1) is 0 Å². The summed E-state index contributed by atoms with van der Waals surface area (Å²) in [7, 11) is 0. The van der Waals surface area contributed by atoms with Crippen LogP contribution < -0.4 is 0 Å². The van der Waals surface area contributed by atoms with Gasteiger partial charge in [0.15, 0.2) is 0 Å². The SMILES string of the molecule is CCN(CC)C(=O)OC(=O)/C=C/C(=O)O. The van der Waals surface area contributed by atoms with Crippen LogP contribution in [0, 0.1) is 0 Å². The summed E-state index contributed by atoms with van der Waals surface area (Å²) in [5, 5.41) is 8.21. The Bertz CT molecular complexity index is 280. The van der Waals surface area contributed by atoms with E-state index in [1.165, 1.54) is 4.90 Å². The van der Waals surface area contributed by atoms with Crippen LogP contribution in [0.2, 0.25) is 0 Å². The number of carbonyl (C=O) groups excluding carboxylic acids is 2. The van der Waals surface area contributed by atoms with E-state index in [9.17, 15) is 14.4 Å². The van der Waals surface area contributed by atoms with Crippen molar-refractivity contribution in [1.29, 1.82) is 0 Å². The van der Waals surface area contributed by atoms with Gasteiger partial charge in [0.25, 0.3) is 0 Å². The van der Waals surface area contributed by atoms with E-state index in [-0.39, 0.29) is 0 Å². The number of hydrogen-bond donors (Lipinski definition) is 1. The molecule has 1 amide bonds. The molecule has 0 radical (unpaired) electrons. The van der Waals surface area contributed by atoms with Crippen molar-refractivity contribution in [1.82, 2.24) is 4.90 Å². The molecule has 0 atom stereocenters. The molecule has 0 aromatic rings. The van der Waals surface area contributed by atoms with E-state index < -0.39 is 18.0 Å². The first-order chi connectivity index (χ1) is 7.01. The van der Waals surface area contributed by atoms with Crippen molar-refractivity contribution in [3.63, 3.8) is 0 Å². The van der Waals surface area contributed by atoms with Crippen LogP contribution in [0.3, 0.4) is 0 Å². The Labute approximate surface area is 87.1 Å². The average molecular weight is 215 g/mol. The van der Waals surface area contributed by atoms with E-state index in [1.807, 2.05) is 0 Å². The number of carbonyl (C=O) groups is 3. The first kappa shape index (κ1) is 13.2. The first-order valence-corrected chi connectivity index (χ1v) is 4.43. The van der Waals surface area contributed by atoms with Gasteiger partial charge >= 0.3 is 18.0 Å². The number of hydrogen-bond acceptors (Lipinski definition) is 4. The minimum absolute atomic E-state index is 0.422. The van der Waals surface area contributed by atoms with Gasteiger partial charge in [-0.15, -0.1) is 0 Å². The number of ether oxygens (including phenoxy) is 1. The lowest BCUT2D eigenvalue weighted by Crippen LogP contribution is -2.32. The fourth-order valence-corrected chi connectivity index (χ4v) is 0.806. The van der Waals surface area contributed by atoms with Gasteiger partial charge in [-0.2, -0.15) is 0 Å². The van der Waals surface area contributed by atoms with E-state index in [0.29, 0.717) is 25.2 Å². The molecule has 0 fully saturated rings. The molecule has 0 unspecified atom stereocenters. The third kappa shape index (κ3) is 5.45. The Morgan fingerprint density at radius 3 is 2.13 bits per heavy atom. The molecule has 0 saturated heterocycles. The molecule has 1 N–H and O–H groups in total. The molecule has 0 spiro atoms. The zero-order valence-corrected chi connectivity index (χ0v) is 8.60. The summed E-state index contributed by atoms with van der Waals surface area (Å²) < 4.78 is 4.34. The van der Waals surface area contributed by atoms with Gasteiger partial charge < -0.3 is 14.7 Å². The zero-order valence-electron chi connectivity index (χ0n) is 8.60. The summed E-state index contributed by atoms with van der Waals surface area (Å²) in [5.74, 6) is -2.27. The maximum absolute atomic E-state index is 11.2. The molecule has 0 aromatic carbocycles. The summed E-state index contributed by atoms with van der Waals surface area (Å²) in [4.78, 5) is 33.4. The number of carboxylic acid groups (broad SMARTS) is 1. The lowest BCUT2D eigenvalue weighted by Gasteiger charge is -2.16. The number of rotatable bonds is 4. The highest BCUT2D eigenvalue weighted by Crippen LogP contribution is 1.94. The predicted molar refractivity (Wildman–Crippen MR) is 51.2 cm³/mol.